The summed E-state index contributed by atoms with van der Waals surface area (Å²) in [5, 5.41) is 0. The normalized spacial score (nSPS) is 27.1. The van der Waals surface area contributed by atoms with Crippen LogP contribution in [0, 0.1) is 0 Å². The van der Waals surface area contributed by atoms with E-state index in [1.54, 1.807) is 4.90 Å². The smallest absolute Gasteiger partial charge is 0.225 e. The number of hydrogen-bond donors (Lipinski definition) is 0. The number of hydrogen-bond acceptors (Lipinski definition) is 3. The molecule has 2 aliphatic heterocycles. The molecule has 0 aromatic heterocycles. The number of rotatable bonds is 2. The number of Topliss-reactive ketones (excluding diaryl/α,β-unsaturated/α-hetero) is 1. The van der Waals surface area contributed by atoms with Crippen molar-refractivity contribution >= 4 is 11.7 Å². The van der Waals surface area contributed by atoms with E-state index in [2.05, 4.69) is 0 Å². The van der Waals surface area contributed by atoms with Gasteiger partial charge in [-0.05, 0) is 12.8 Å². The zero-order valence-electron chi connectivity index (χ0n) is 8.91. The van der Waals surface area contributed by atoms with E-state index < -0.39 is 0 Å². The maximum absolute atomic E-state index is 11.8. The second-order valence-electron chi connectivity index (χ2n) is 4.26. The quantitative estimate of drug-likeness (QED) is 0.677. The number of carbonyl (C=O) groups is 2. The summed E-state index contributed by atoms with van der Waals surface area (Å²) in [7, 11) is 0. The van der Waals surface area contributed by atoms with E-state index in [1.807, 2.05) is 0 Å². The lowest BCUT2D eigenvalue weighted by atomic mass is 10.1. The van der Waals surface area contributed by atoms with E-state index in [0.717, 1.165) is 19.4 Å². The van der Waals surface area contributed by atoms with Gasteiger partial charge in [0, 0.05) is 32.5 Å². The van der Waals surface area contributed by atoms with Crippen LogP contribution < -0.4 is 0 Å². The maximum Gasteiger partial charge on any atom is 0.225 e. The second kappa shape index (κ2) is 4.75. The first kappa shape index (κ1) is 10.6. The van der Waals surface area contributed by atoms with Crippen molar-refractivity contribution in [2.24, 2.45) is 0 Å². The highest BCUT2D eigenvalue weighted by molar-refractivity contribution is 5.83. The average Bonchev–Trinajstić information content (AvgIpc) is 2.71. The van der Waals surface area contributed by atoms with Gasteiger partial charge in [0.05, 0.1) is 12.5 Å². The molecular formula is C11H17NO3. The number of carbonyl (C=O) groups excluding carboxylic acids is 2. The van der Waals surface area contributed by atoms with Gasteiger partial charge < -0.3 is 9.64 Å². The molecule has 84 valence electrons. The van der Waals surface area contributed by atoms with Crippen molar-refractivity contribution in [1.29, 1.82) is 0 Å². The molecule has 2 rings (SSSR count). The molecule has 1 unspecified atom stereocenters. The zero-order valence-corrected chi connectivity index (χ0v) is 8.91. The molecule has 0 aliphatic carbocycles. The number of nitrogens with zero attached hydrogens (tertiary/aromatic N) is 1. The monoisotopic (exact) mass is 211 g/mol. The Labute approximate surface area is 89.6 Å². The van der Waals surface area contributed by atoms with Crippen LogP contribution in [0.5, 0.6) is 0 Å². The van der Waals surface area contributed by atoms with Gasteiger partial charge in [-0.2, -0.15) is 0 Å². The van der Waals surface area contributed by atoms with E-state index in [-0.39, 0.29) is 17.8 Å². The zero-order chi connectivity index (χ0) is 10.7. The molecule has 15 heavy (non-hydrogen) atoms. The van der Waals surface area contributed by atoms with Gasteiger partial charge in [-0.25, -0.2) is 0 Å². The van der Waals surface area contributed by atoms with Crippen molar-refractivity contribution in [3.8, 4) is 0 Å². The average molecular weight is 211 g/mol. The predicted octanol–water partition coefficient (Wildman–Crippen LogP) is 0.747. The molecule has 1 atom stereocenters. The fraction of sp³-hybridized carbons (Fsp3) is 0.818. The third kappa shape index (κ3) is 2.78. The lowest BCUT2D eigenvalue weighted by molar-refractivity contribution is -0.136. The molecule has 0 aromatic carbocycles. The molecule has 0 radical (unpaired) electrons. The van der Waals surface area contributed by atoms with Crippen molar-refractivity contribution < 1.29 is 14.3 Å². The van der Waals surface area contributed by atoms with E-state index >= 15 is 0 Å². The van der Waals surface area contributed by atoms with Crippen LogP contribution in [0.3, 0.4) is 0 Å². The first-order chi connectivity index (χ1) is 7.25. The third-order valence-corrected chi connectivity index (χ3v) is 3.10. The molecule has 4 heteroatoms. The SMILES string of the molecule is O=C1CCN(C(=O)CC2CCCO2)CC1. The van der Waals surface area contributed by atoms with Gasteiger partial charge in [0.1, 0.15) is 5.78 Å². The van der Waals surface area contributed by atoms with Crippen molar-refractivity contribution in [1.82, 2.24) is 4.90 Å². The van der Waals surface area contributed by atoms with Crippen LogP contribution in [-0.4, -0.2) is 42.4 Å². The van der Waals surface area contributed by atoms with Crippen molar-refractivity contribution in [3.63, 3.8) is 0 Å². The summed E-state index contributed by atoms with van der Waals surface area (Å²) in [6.45, 7) is 1.99. The molecule has 0 saturated carbocycles. The minimum Gasteiger partial charge on any atom is -0.378 e. The van der Waals surface area contributed by atoms with Gasteiger partial charge in [0.25, 0.3) is 0 Å². The Bertz CT molecular complexity index is 249. The number of likely N-dealkylation sites (tertiary alicyclic amines) is 1. The standard InChI is InChI=1S/C11H17NO3/c13-9-3-5-12(6-4-9)11(14)8-10-2-1-7-15-10/h10H,1-8H2. The van der Waals surface area contributed by atoms with Crippen molar-refractivity contribution in [2.45, 2.75) is 38.2 Å². The maximum atomic E-state index is 11.8. The van der Waals surface area contributed by atoms with Crippen LogP contribution in [-0.2, 0) is 14.3 Å². The fourth-order valence-electron chi connectivity index (χ4n) is 2.13. The Balaban J connectivity index is 1.77. The topological polar surface area (TPSA) is 46.6 Å². The van der Waals surface area contributed by atoms with Crippen LogP contribution in [0.2, 0.25) is 0 Å². The number of piperidine rings is 1. The van der Waals surface area contributed by atoms with Crippen LogP contribution in [0.15, 0.2) is 0 Å². The molecule has 0 N–H and O–H groups in total. The highest BCUT2D eigenvalue weighted by Gasteiger charge is 2.25. The van der Waals surface area contributed by atoms with Crippen LogP contribution in [0.4, 0.5) is 0 Å². The van der Waals surface area contributed by atoms with Crippen molar-refractivity contribution in [2.75, 3.05) is 19.7 Å². The van der Waals surface area contributed by atoms with Crippen LogP contribution >= 0.6 is 0 Å². The largest absolute Gasteiger partial charge is 0.378 e. The molecular weight excluding hydrogens is 194 g/mol. The minimum atomic E-state index is 0.120. The van der Waals surface area contributed by atoms with E-state index in [4.69, 9.17) is 4.74 Å². The molecule has 1 amide bonds. The van der Waals surface area contributed by atoms with Gasteiger partial charge in [-0.1, -0.05) is 0 Å². The van der Waals surface area contributed by atoms with Gasteiger partial charge in [-0.3, -0.25) is 9.59 Å². The van der Waals surface area contributed by atoms with E-state index in [0.29, 0.717) is 32.4 Å². The minimum absolute atomic E-state index is 0.120. The molecule has 2 fully saturated rings. The van der Waals surface area contributed by atoms with Crippen LogP contribution in [0.25, 0.3) is 0 Å². The predicted molar refractivity (Wildman–Crippen MR) is 54.4 cm³/mol. The Kier molecular flexibility index (Phi) is 3.36. The number of ether oxygens (including phenoxy) is 1. The highest BCUT2D eigenvalue weighted by atomic mass is 16.5. The Morgan fingerprint density at radius 2 is 2.13 bits per heavy atom. The van der Waals surface area contributed by atoms with Gasteiger partial charge >= 0.3 is 0 Å². The van der Waals surface area contributed by atoms with Crippen molar-refractivity contribution in [3.05, 3.63) is 0 Å². The lowest BCUT2D eigenvalue weighted by Gasteiger charge is -2.26. The van der Waals surface area contributed by atoms with Crippen LogP contribution in [0.1, 0.15) is 32.1 Å². The lowest BCUT2D eigenvalue weighted by Crippen LogP contribution is -2.39. The summed E-state index contributed by atoms with van der Waals surface area (Å²) in [4.78, 5) is 24.6. The van der Waals surface area contributed by atoms with Gasteiger partial charge in [0.2, 0.25) is 5.91 Å². The van der Waals surface area contributed by atoms with E-state index in [1.165, 1.54) is 0 Å². The van der Waals surface area contributed by atoms with E-state index in [9.17, 15) is 9.59 Å². The number of ketones is 1. The van der Waals surface area contributed by atoms with Gasteiger partial charge in [-0.15, -0.1) is 0 Å². The molecule has 0 aromatic rings. The molecule has 2 heterocycles. The second-order valence-corrected chi connectivity index (χ2v) is 4.26. The van der Waals surface area contributed by atoms with Gasteiger partial charge in [0.15, 0.2) is 0 Å². The first-order valence-electron chi connectivity index (χ1n) is 5.67. The molecule has 4 nitrogen and oxygen atoms in total. The first-order valence-corrected chi connectivity index (χ1v) is 5.67. The summed E-state index contributed by atoms with van der Waals surface area (Å²) in [6.07, 6.45) is 3.73. The molecule has 0 bridgehead atoms. The highest BCUT2D eigenvalue weighted by Crippen LogP contribution is 2.17. The Morgan fingerprint density at radius 1 is 1.40 bits per heavy atom. The summed E-state index contributed by atoms with van der Waals surface area (Å²) in [5.41, 5.74) is 0. The Hall–Kier alpha value is -0.900. The fourth-order valence-corrected chi connectivity index (χ4v) is 2.13. The molecule has 2 aliphatic rings. The third-order valence-electron chi connectivity index (χ3n) is 3.10. The summed E-state index contributed by atoms with van der Waals surface area (Å²) in [5.74, 6) is 0.422. The number of amides is 1. The summed E-state index contributed by atoms with van der Waals surface area (Å²) >= 11 is 0. The summed E-state index contributed by atoms with van der Waals surface area (Å²) in [6, 6.07) is 0. The molecule has 0 spiro atoms. The molecule has 2 saturated heterocycles. The Morgan fingerprint density at radius 3 is 2.73 bits per heavy atom. The summed E-state index contributed by atoms with van der Waals surface area (Å²) < 4.78 is 5.42.